The number of carbonyl (C=O) groups is 1. The molecule has 28 heavy (non-hydrogen) atoms. The van der Waals surface area contributed by atoms with E-state index in [1.54, 1.807) is 18.2 Å². The highest BCUT2D eigenvalue weighted by Gasteiger charge is 2.35. The second-order valence-corrected chi connectivity index (χ2v) is 5.71. The summed E-state index contributed by atoms with van der Waals surface area (Å²) in [5.74, 6) is -0.379. The monoisotopic (exact) mass is 400 g/mol. The van der Waals surface area contributed by atoms with Gasteiger partial charge < -0.3 is 20.1 Å². The Hall–Kier alpha value is -2.97. The lowest BCUT2D eigenvalue weighted by Gasteiger charge is -2.13. The van der Waals surface area contributed by atoms with Gasteiger partial charge in [-0.1, -0.05) is 12.1 Å². The molecule has 0 atom stereocenters. The molecule has 152 valence electrons. The van der Waals surface area contributed by atoms with E-state index < -0.39 is 29.3 Å². The second kappa shape index (κ2) is 9.29. The molecule has 9 heteroatoms. The van der Waals surface area contributed by atoms with Gasteiger partial charge >= 0.3 is 12.2 Å². The first-order chi connectivity index (χ1) is 13.3. The van der Waals surface area contributed by atoms with Crippen molar-refractivity contribution in [3.05, 3.63) is 53.3 Å². The number of nitrogens with one attached hydrogen (secondary N) is 2. The number of anilines is 1. The van der Waals surface area contributed by atoms with E-state index in [1.807, 2.05) is 6.92 Å². The molecule has 0 bridgehead atoms. The van der Waals surface area contributed by atoms with Gasteiger partial charge in [-0.2, -0.15) is 13.2 Å². The fourth-order valence-corrected chi connectivity index (χ4v) is 2.48. The van der Waals surface area contributed by atoms with Gasteiger partial charge in [0, 0.05) is 6.54 Å². The van der Waals surface area contributed by atoms with Crippen molar-refractivity contribution in [1.82, 2.24) is 5.32 Å². The number of amides is 2. The number of methoxy groups -OCH3 is 1. The fourth-order valence-electron chi connectivity index (χ4n) is 2.48. The molecule has 2 aromatic rings. The van der Waals surface area contributed by atoms with Gasteiger partial charge in [-0.05, 0) is 43.2 Å². The quantitative estimate of drug-likeness (QED) is 0.667. The van der Waals surface area contributed by atoms with Gasteiger partial charge in [-0.3, -0.25) is 0 Å². The first kappa shape index (κ1) is 21.3. The van der Waals surface area contributed by atoms with Crippen LogP contribution in [0.3, 0.4) is 0 Å². The van der Waals surface area contributed by atoms with Crippen molar-refractivity contribution in [1.29, 1.82) is 0 Å². The summed E-state index contributed by atoms with van der Waals surface area (Å²) in [6, 6.07) is 7.19. The molecule has 2 aromatic carbocycles. The van der Waals surface area contributed by atoms with E-state index in [-0.39, 0.29) is 6.54 Å². The number of carbonyl (C=O) groups excluding carboxylic acids is 1. The molecule has 0 fully saturated rings. The summed E-state index contributed by atoms with van der Waals surface area (Å²) in [6.07, 6.45) is -4.41. The fraction of sp³-hybridized carbons (Fsp3) is 0.316. The summed E-state index contributed by atoms with van der Waals surface area (Å²) in [7, 11) is 1.51. The second-order valence-electron chi connectivity index (χ2n) is 5.71. The summed E-state index contributed by atoms with van der Waals surface area (Å²) in [5, 5.41) is 4.56. The standard InChI is InChI=1S/C19H20F4N2O3/c1-3-28-15-8-7-12(11-16(15)27-2)9-10-24-18(26)25-14-6-4-5-13(17(14)20)19(21,22)23/h4-8,11H,3,9-10H2,1-2H3,(H2,24,25,26). The molecule has 0 aliphatic carbocycles. The van der Waals surface area contributed by atoms with Crippen molar-refractivity contribution in [2.45, 2.75) is 19.5 Å². The molecule has 5 nitrogen and oxygen atoms in total. The van der Waals surface area contributed by atoms with Crippen molar-refractivity contribution in [2.24, 2.45) is 0 Å². The van der Waals surface area contributed by atoms with Crippen LogP contribution in [0, 0.1) is 5.82 Å². The van der Waals surface area contributed by atoms with Crippen LogP contribution in [0.4, 0.5) is 28.0 Å². The van der Waals surface area contributed by atoms with Crippen LogP contribution in [0.1, 0.15) is 18.1 Å². The Kier molecular flexibility index (Phi) is 7.08. The van der Waals surface area contributed by atoms with E-state index in [0.29, 0.717) is 30.6 Å². The average Bonchev–Trinajstić information content (AvgIpc) is 2.63. The first-order valence-corrected chi connectivity index (χ1v) is 8.46. The molecule has 0 aliphatic heterocycles. The maximum Gasteiger partial charge on any atom is 0.419 e. The molecule has 2 N–H and O–H groups in total. The highest BCUT2D eigenvalue weighted by molar-refractivity contribution is 5.89. The van der Waals surface area contributed by atoms with Gasteiger partial charge in [0.25, 0.3) is 0 Å². The zero-order valence-corrected chi connectivity index (χ0v) is 15.3. The molecule has 0 saturated carbocycles. The third-order valence-electron chi connectivity index (χ3n) is 3.78. The van der Waals surface area contributed by atoms with E-state index in [2.05, 4.69) is 10.6 Å². The first-order valence-electron chi connectivity index (χ1n) is 8.46. The Morgan fingerprint density at radius 3 is 2.54 bits per heavy atom. The van der Waals surface area contributed by atoms with Crippen LogP contribution in [-0.4, -0.2) is 26.3 Å². The number of rotatable bonds is 7. The molecule has 0 spiro atoms. The number of hydrogen-bond donors (Lipinski definition) is 2. The molecule has 2 rings (SSSR count). The Morgan fingerprint density at radius 2 is 1.89 bits per heavy atom. The van der Waals surface area contributed by atoms with Crippen molar-refractivity contribution >= 4 is 11.7 Å². The van der Waals surface area contributed by atoms with Crippen LogP contribution in [0.25, 0.3) is 0 Å². The van der Waals surface area contributed by atoms with E-state index >= 15 is 0 Å². The lowest BCUT2D eigenvalue weighted by molar-refractivity contribution is -0.139. The lowest BCUT2D eigenvalue weighted by Crippen LogP contribution is -2.31. The van der Waals surface area contributed by atoms with Gasteiger partial charge in [-0.15, -0.1) is 0 Å². The van der Waals surface area contributed by atoms with Gasteiger partial charge in [-0.25, -0.2) is 9.18 Å². The Bertz CT molecular complexity index is 825. The van der Waals surface area contributed by atoms with Crippen LogP contribution in [0.5, 0.6) is 11.5 Å². The third-order valence-corrected chi connectivity index (χ3v) is 3.78. The number of benzene rings is 2. The minimum absolute atomic E-state index is 0.184. The zero-order valence-electron chi connectivity index (χ0n) is 15.3. The van der Waals surface area contributed by atoms with Gasteiger partial charge in [0.15, 0.2) is 17.3 Å². The maximum absolute atomic E-state index is 13.9. The Balaban J connectivity index is 1.93. The summed E-state index contributed by atoms with van der Waals surface area (Å²) < 4.78 is 62.7. The average molecular weight is 400 g/mol. The van der Waals surface area contributed by atoms with Crippen LogP contribution >= 0.6 is 0 Å². The van der Waals surface area contributed by atoms with Crippen molar-refractivity contribution in [3.8, 4) is 11.5 Å². The summed E-state index contributed by atoms with van der Waals surface area (Å²) in [5.41, 5.74) is -1.13. The number of urea groups is 1. The van der Waals surface area contributed by atoms with Crippen molar-refractivity contribution in [2.75, 3.05) is 25.6 Å². The molecule has 0 unspecified atom stereocenters. The molecule has 0 aromatic heterocycles. The number of alkyl halides is 3. The number of ether oxygens (including phenoxy) is 2. The van der Waals surface area contributed by atoms with Crippen LogP contribution in [-0.2, 0) is 12.6 Å². The van der Waals surface area contributed by atoms with E-state index in [4.69, 9.17) is 9.47 Å². The molecule has 0 radical (unpaired) electrons. The van der Waals surface area contributed by atoms with Gasteiger partial charge in [0.2, 0.25) is 0 Å². The highest BCUT2D eigenvalue weighted by Crippen LogP contribution is 2.33. The normalized spacial score (nSPS) is 11.1. The zero-order chi connectivity index (χ0) is 20.7. The highest BCUT2D eigenvalue weighted by atomic mass is 19.4. The molecule has 2 amide bonds. The van der Waals surface area contributed by atoms with Crippen molar-refractivity contribution < 1.29 is 31.8 Å². The predicted octanol–water partition coefficient (Wildman–Crippen LogP) is 4.62. The maximum atomic E-state index is 13.9. The smallest absolute Gasteiger partial charge is 0.419 e. The predicted molar refractivity (Wildman–Crippen MR) is 96.3 cm³/mol. The Morgan fingerprint density at radius 1 is 1.14 bits per heavy atom. The molecule has 0 aliphatic rings. The number of hydrogen-bond acceptors (Lipinski definition) is 3. The largest absolute Gasteiger partial charge is 0.493 e. The van der Waals surface area contributed by atoms with Crippen LogP contribution < -0.4 is 20.1 Å². The van der Waals surface area contributed by atoms with E-state index in [1.165, 1.54) is 7.11 Å². The molecular formula is C19H20F4N2O3. The van der Waals surface area contributed by atoms with Gasteiger partial charge in [0.1, 0.15) is 0 Å². The summed E-state index contributed by atoms with van der Waals surface area (Å²) in [4.78, 5) is 11.9. The van der Waals surface area contributed by atoms with Crippen LogP contribution in [0.15, 0.2) is 36.4 Å². The summed E-state index contributed by atoms with van der Waals surface area (Å²) >= 11 is 0. The minimum atomic E-state index is -4.84. The SMILES string of the molecule is CCOc1ccc(CCNC(=O)Nc2cccc(C(F)(F)F)c2F)cc1OC. The minimum Gasteiger partial charge on any atom is -0.493 e. The third kappa shape index (κ3) is 5.51. The molecular weight excluding hydrogens is 380 g/mol. The topological polar surface area (TPSA) is 59.6 Å². The van der Waals surface area contributed by atoms with Gasteiger partial charge in [0.05, 0.1) is 25.0 Å². The molecule has 0 heterocycles. The lowest BCUT2D eigenvalue weighted by atomic mass is 10.1. The van der Waals surface area contributed by atoms with E-state index in [9.17, 15) is 22.4 Å². The number of halogens is 4. The van der Waals surface area contributed by atoms with Crippen LogP contribution in [0.2, 0.25) is 0 Å². The van der Waals surface area contributed by atoms with Crippen molar-refractivity contribution in [3.63, 3.8) is 0 Å². The van der Waals surface area contributed by atoms with E-state index in [0.717, 1.165) is 17.7 Å². The summed E-state index contributed by atoms with van der Waals surface area (Å²) in [6.45, 7) is 2.52. The Labute approximate surface area is 159 Å². The molecule has 0 saturated heterocycles.